The fourth-order valence-corrected chi connectivity index (χ4v) is 4.12. The molecular weight excluding hydrogens is 318 g/mol. The van der Waals surface area contributed by atoms with E-state index in [0.717, 1.165) is 39.8 Å². The van der Waals surface area contributed by atoms with E-state index in [9.17, 15) is 4.79 Å². The van der Waals surface area contributed by atoms with Crippen molar-refractivity contribution in [3.63, 3.8) is 0 Å². The van der Waals surface area contributed by atoms with Crippen molar-refractivity contribution in [2.24, 2.45) is 0 Å². The fourth-order valence-electron chi connectivity index (χ4n) is 4.12. The van der Waals surface area contributed by atoms with E-state index in [4.69, 9.17) is 0 Å². The molecule has 0 fully saturated rings. The van der Waals surface area contributed by atoms with Crippen LogP contribution in [0.3, 0.4) is 0 Å². The molecule has 0 atom stereocenters. The lowest BCUT2D eigenvalue weighted by molar-refractivity contribution is -0.103. The molecule has 1 heterocycles. The summed E-state index contributed by atoms with van der Waals surface area (Å²) in [4.78, 5) is 14.3. The Balaban J connectivity index is 1.96. The molecule has 4 aromatic carbocycles. The van der Waals surface area contributed by atoms with Crippen LogP contribution in [0.1, 0.15) is 11.1 Å². The molecule has 0 bridgehead atoms. The number of hydrogen-bond donors (Lipinski definition) is 0. The molecule has 26 heavy (non-hydrogen) atoms. The first-order valence-corrected chi connectivity index (χ1v) is 8.73. The maximum Gasteiger partial charge on any atom is 0.152 e. The van der Waals surface area contributed by atoms with Crippen molar-refractivity contribution >= 4 is 44.8 Å². The average molecular weight is 335 g/mol. The second-order valence-corrected chi connectivity index (χ2v) is 6.65. The monoisotopic (exact) mass is 335 g/mol. The molecule has 4 aromatic rings. The van der Waals surface area contributed by atoms with E-state index in [1.54, 1.807) is 0 Å². The summed E-state index contributed by atoms with van der Waals surface area (Å²) in [5.74, 6) is 0. The number of carbonyl (C=O) groups is 1. The first kappa shape index (κ1) is 14.9. The second kappa shape index (κ2) is 5.57. The summed E-state index contributed by atoms with van der Waals surface area (Å²) in [6, 6.07) is 27.0. The standard InChI is InChI=1S/C24H17NO/c1-25-22-14-17-10-5-6-11-18(17)19-12-7-13-20(23(19)22)21(15-26)24(25)16-8-3-2-4-9-16/h2-15H,1H3. The lowest BCUT2D eigenvalue weighted by Gasteiger charge is -2.32. The summed E-state index contributed by atoms with van der Waals surface area (Å²) >= 11 is 0. The predicted octanol–water partition coefficient (Wildman–Crippen LogP) is 5.51. The number of fused-ring (bicyclic) bond motifs is 2. The van der Waals surface area contributed by atoms with E-state index in [0.29, 0.717) is 0 Å². The van der Waals surface area contributed by atoms with Gasteiger partial charge in [-0.15, -0.1) is 0 Å². The Morgan fingerprint density at radius 2 is 1.54 bits per heavy atom. The van der Waals surface area contributed by atoms with Crippen LogP contribution in [0.5, 0.6) is 0 Å². The summed E-state index contributed by atoms with van der Waals surface area (Å²) in [5, 5.41) is 4.76. The van der Waals surface area contributed by atoms with Crippen LogP contribution in [-0.4, -0.2) is 13.3 Å². The quantitative estimate of drug-likeness (QED) is 0.355. The topological polar surface area (TPSA) is 20.3 Å². The fraction of sp³-hybridized carbons (Fsp3) is 0.0417. The Kier molecular flexibility index (Phi) is 3.19. The molecular formula is C24H17NO. The number of benzene rings is 4. The second-order valence-electron chi connectivity index (χ2n) is 6.65. The summed E-state index contributed by atoms with van der Waals surface area (Å²) < 4.78 is 0. The van der Waals surface area contributed by atoms with Crippen LogP contribution in [0.4, 0.5) is 5.69 Å². The number of nitrogens with zero attached hydrogens (tertiary/aromatic N) is 1. The van der Waals surface area contributed by atoms with Gasteiger partial charge in [-0.3, -0.25) is 4.79 Å². The molecule has 0 aliphatic carbocycles. The van der Waals surface area contributed by atoms with E-state index in [-0.39, 0.29) is 0 Å². The van der Waals surface area contributed by atoms with Gasteiger partial charge in [0.05, 0.1) is 11.4 Å². The highest BCUT2D eigenvalue weighted by Crippen LogP contribution is 2.45. The Morgan fingerprint density at radius 1 is 0.808 bits per heavy atom. The van der Waals surface area contributed by atoms with E-state index >= 15 is 0 Å². The third kappa shape index (κ3) is 1.96. The molecule has 0 unspecified atom stereocenters. The largest absolute Gasteiger partial charge is 0.343 e. The smallest absolute Gasteiger partial charge is 0.152 e. The van der Waals surface area contributed by atoms with Gasteiger partial charge in [0, 0.05) is 18.0 Å². The number of allylic oxidation sites excluding steroid dienone is 1. The van der Waals surface area contributed by atoms with Crippen molar-refractivity contribution in [3.05, 3.63) is 90.0 Å². The maximum atomic E-state index is 12.1. The molecule has 0 amide bonds. The van der Waals surface area contributed by atoms with Crippen molar-refractivity contribution in [1.82, 2.24) is 0 Å². The zero-order chi connectivity index (χ0) is 17.7. The van der Waals surface area contributed by atoms with Gasteiger partial charge >= 0.3 is 0 Å². The first-order valence-electron chi connectivity index (χ1n) is 8.73. The van der Waals surface area contributed by atoms with Gasteiger partial charge in [0.25, 0.3) is 0 Å². The molecule has 1 aliphatic heterocycles. The molecule has 1 aliphatic rings. The Bertz CT molecular complexity index is 1210. The number of hydrogen-bond acceptors (Lipinski definition) is 2. The minimum Gasteiger partial charge on any atom is -0.343 e. The van der Waals surface area contributed by atoms with Gasteiger partial charge in [-0.1, -0.05) is 72.8 Å². The highest BCUT2D eigenvalue weighted by atomic mass is 16.1. The maximum absolute atomic E-state index is 12.1. The van der Waals surface area contributed by atoms with Crippen molar-refractivity contribution in [3.8, 4) is 0 Å². The van der Waals surface area contributed by atoms with Crippen LogP contribution < -0.4 is 4.90 Å². The average Bonchev–Trinajstić information content (AvgIpc) is 2.70. The highest BCUT2D eigenvalue weighted by molar-refractivity contribution is 6.30. The van der Waals surface area contributed by atoms with Gasteiger partial charge in [-0.25, -0.2) is 0 Å². The van der Waals surface area contributed by atoms with E-state index in [1.165, 1.54) is 16.2 Å². The van der Waals surface area contributed by atoms with E-state index in [1.807, 2.05) is 31.3 Å². The predicted molar refractivity (Wildman–Crippen MR) is 109 cm³/mol. The van der Waals surface area contributed by atoms with Crippen LogP contribution in [0.25, 0.3) is 32.8 Å². The third-order valence-electron chi connectivity index (χ3n) is 5.27. The van der Waals surface area contributed by atoms with E-state index < -0.39 is 0 Å². The first-order chi connectivity index (χ1) is 12.8. The van der Waals surface area contributed by atoms with Crippen molar-refractivity contribution in [2.45, 2.75) is 0 Å². The van der Waals surface area contributed by atoms with Crippen molar-refractivity contribution in [2.75, 3.05) is 11.9 Å². The molecule has 5 rings (SSSR count). The molecule has 2 nitrogen and oxygen atoms in total. The molecule has 0 saturated carbocycles. The minimum absolute atomic E-state index is 0.743. The number of carbonyl (C=O) groups excluding carboxylic acids is 1. The van der Waals surface area contributed by atoms with Gasteiger partial charge in [0.15, 0.2) is 6.29 Å². The summed E-state index contributed by atoms with van der Waals surface area (Å²) in [5.41, 5.74) is 4.89. The normalized spacial score (nSPS) is 13.5. The van der Waals surface area contributed by atoms with Crippen molar-refractivity contribution in [1.29, 1.82) is 0 Å². The highest BCUT2D eigenvalue weighted by Gasteiger charge is 2.26. The number of rotatable bonds is 2. The summed E-state index contributed by atoms with van der Waals surface area (Å²) in [7, 11) is 2.05. The Morgan fingerprint density at radius 3 is 2.35 bits per heavy atom. The van der Waals surface area contributed by atoms with Crippen LogP contribution in [0.15, 0.2) is 78.9 Å². The SMILES string of the molecule is CN1C(c2ccccc2)=C(C=O)c2cccc3c2c1cc1ccccc13. The Labute approximate surface area is 152 Å². The van der Waals surface area contributed by atoms with Gasteiger partial charge in [-0.05, 0) is 33.4 Å². The van der Waals surface area contributed by atoms with E-state index in [2.05, 4.69) is 59.5 Å². The molecule has 0 N–H and O–H groups in total. The number of aldehydes is 1. The number of anilines is 1. The molecule has 0 radical (unpaired) electrons. The Hall–Kier alpha value is -3.39. The van der Waals surface area contributed by atoms with Crippen molar-refractivity contribution < 1.29 is 4.79 Å². The summed E-state index contributed by atoms with van der Waals surface area (Å²) in [6.07, 6.45) is 0.992. The molecule has 0 spiro atoms. The lowest BCUT2D eigenvalue weighted by Crippen LogP contribution is -2.21. The van der Waals surface area contributed by atoms with Crippen LogP contribution >= 0.6 is 0 Å². The molecule has 0 aromatic heterocycles. The molecule has 2 heteroatoms. The lowest BCUT2D eigenvalue weighted by atomic mass is 9.88. The van der Waals surface area contributed by atoms with Crippen LogP contribution in [0, 0.1) is 0 Å². The third-order valence-corrected chi connectivity index (χ3v) is 5.27. The van der Waals surface area contributed by atoms with Gasteiger partial charge in [0.1, 0.15) is 0 Å². The minimum atomic E-state index is 0.743. The van der Waals surface area contributed by atoms with Crippen LogP contribution in [0.2, 0.25) is 0 Å². The van der Waals surface area contributed by atoms with Gasteiger partial charge in [0.2, 0.25) is 0 Å². The van der Waals surface area contributed by atoms with Gasteiger partial charge in [-0.2, -0.15) is 0 Å². The molecule has 0 saturated heterocycles. The zero-order valence-electron chi connectivity index (χ0n) is 14.4. The zero-order valence-corrected chi connectivity index (χ0v) is 14.4. The van der Waals surface area contributed by atoms with Gasteiger partial charge < -0.3 is 4.90 Å². The summed E-state index contributed by atoms with van der Waals surface area (Å²) in [6.45, 7) is 0. The molecule has 124 valence electrons. The van der Waals surface area contributed by atoms with Crippen LogP contribution in [-0.2, 0) is 4.79 Å².